The average Bonchev–Trinajstić information content (AvgIpc) is 2.49. The lowest BCUT2D eigenvalue weighted by Gasteiger charge is -2.34. The van der Waals surface area contributed by atoms with Crippen molar-refractivity contribution in [1.82, 2.24) is 4.90 Å². The summed E-state index contributed by atoms with van der Waals surface area (Å²) in [6.07, 6.45) is 0.809. The first-order valence-electron chi connectivity index (χ1n) is 7.31. The standard InChI is InChI=1S/C16H21ClN2O3/c1-11-9-19(3)12(2)8-15(11)18-22-16(20)10-21-14-6-4-13(17)5-7-14/h4-7,11-12H,8-10H2,1-3H3/b18-15+/t11-,12-/m0/s1. The van der Waals surface area contributed by atoms with Gasteiger partial charge in [0.2, 0.25) is 0 Å². The van der Waals surface area contributed by atoms with E-state index in [1.165, 1.54) is 0 Å². The maximum Gasteiger partial charge on any atom is 0.372 e. The number of halogens is 1. The summed E-state index contributed by atoms with van der Waals surface area (Å²) in [5.41, 5.74) is 0.922. The molecule has 2 rings (SSSR count). The van der Waals surface area contributed by atoms with Crippen LogP contribution in [0.4, 0.5) is 0 Å². The number of carbonyl (C=O) groups excluding carboxylic acids is 1. The number of rotatable bonds is 4. The van der Waals surface area contributed by atoms with Gasteiger partial charge in [-0.1, -0.05) is 23.7 Å². The number of benzene rings is 1. The lowest BCUT2D eigenvalue weighted by molar-refractivity contribution is -0.146. The molecule has 22 heavy (non-hydrogen) atoms. The van der Waals surface area contributed by atoms with Crippen molar-refractivity contribution in [2.24, 2.45) is 11.1 Å². The Hall–Kier alpha value is -1.59. The van der Waals surface area contributed by atoms with E-state index in [9.17, 15) is 4.79 Å². The van der Waals surface area contributed by atoms with Crippen molar-refractivity contribution in [3.05, 3.63) is 29.3 Å². The highest BCUT2D eigenvalue weighted by atomic mass is 35.5. The van der Waals surface area contributed by atoms with Crippen LogP contribution in [0, 0.1) is 5.92 Å². The Kier molecular flexibility index (Phi) is 5.80. The van der Waals surface area contributed by atoms with Gasteiger partial charge in [0.05, 0.1) is 5.71 Å². The highest BCUT2D eigenvalue weighted by Gasteiger charge is 2.26. The van der Waals surface area contributed by atoms with Gasteiger partial charge in [-0.05, 0) is 38.2 Å². The number of hydrogen-bond acceptors (Lipinski definition) is 5. The van der Waals surface area contributed by atoms with Crippen LogP contribution in [0.5, 0.6) is 5.75 Å². The zero-order valence-corrected chi connectivity index (χ0v) is 13.8. The summed E-state index contributed by atoms with van der Waals surface area (Å²) in [5.74, 6) is 0.336. The molecular weight excluding hydrogens is 304 g/mol. The molecule has 0 aliphatic carbocycles. The largest absolute Gasteiger partial charge is 0.482 e. The van der Waals surface area contributed by atoms with Crippen LogP contribution in [0.1, 0.15) is 20.3 Å². The number of carbonyl (C=O) groups is 1. The summed E-state index contributed by atoms with van der Waals surface area (Å²) in [5, 5.41) is 4.63. The van der Waals surface area contributed by atoms with Crippen molar-refractivity contribution < 1.29 is 14.4 Å². The molecular formula is C16H21ClN2O3. The number of hydrogen-bond donors (Lipinski definition) is 0. The van der Waals surface area contributed by atoms with E-state index >= 15 is 0 Å². The third kappa shape index (κ3) is 4.71. The molecule has 0 radical (unpaired) electrons. The molecule has 0 N–H and O–H groups in total. The smallest absolute Gasteiger partial charge is 0.372 e. The van der Waals surface area contributed by atoms with Crippen molar-refractivity contribution >= 4 is 23.3 Å². The van der Waals surface area contributed by atoms with Crippen LogP contribution in [0.2, 0.25) is 5.02 Å². The van der Waals surface area contributed by atoms with E-state index in [2.05, 4.69) is 31.0 Å². The minimum atomic E-state index is -0.513. The van der Waals surface area contributed by atoms with Crippen LogP contribution in [0.25, 0.3) is 0 Å². The van der Waals surface area contributed by atoms with Gasteiger partial charge in [-0.15, -0.1) is 0 Å². The topological polar surface area (TPSA) is 51.1 Å². The SMILES string of the molecule is C[C@H]1CN(C)[C@@H](C)C/C1=N\OC(=O)COc1ccc(Cl)cc1. The lowest BCUT2D eigenvalue weighted by Crippen LogP contribution is -2.43. The van der Waals surface area contributed by atoms with Gasteiger partial charge < -0.3 is 14.5 Å². The van der Waals surface area contributed by atoms with Gasteiger partial charge in [-0.3, -0.25) is 0 Å². The predicted molar refractivity (Wildman–Crippen MR) is 86.3 cm³/mol. The van der Waals surface area contributed by atoms with Gasteiger partial charge in [0.1, 0.15) is 5.75 Å². The van der Waals surface area contributed by atoms with Gasteiger partial charge in [0.15, 0.2) is 6.61 Å². The number of ether oxygens (including phenoxy) is 1. The zero-order chi connectivity index (χ0) is 16.1. The molecule has 1 aliphatic rings. The van der Waals surface area contributed by atoms with E-state index in [4.69, 9.17) is 21.2 Å². The molecule has 6 heteroatoms. The second-order valence-corrected chi connectivity index (χ2v) is 6.12. The molecule has 120 valence electrons. The molecule has 0 unspecified atom stereocenters. The highest BCUT2D eigenvalue weighted by Crippen LogP contribution is 2.18. The molecule has 0 saturated carbocycles. The molecule has 1 heterocycles. The number of piperidine rings is 1. The molecule has 5 nitrogen and oxygen atoms in total. The van der Waals surface area contributed by atoms with Crippen LogP contribution in [0.15, 0.2) is 29.4 Å². The van der Waals surface area contributed by atoms with E-state index in [0.717, 1.165) is 18.7 Å². The monoisotopic (exact) mass is 324 g/mol. The first kappa shape index (κ1) is 16.8. The predicted octanol–water partition coefficient (Wildman–Crippen LogP) is 2.98. The normalized spacial score (nSPS) is 24.3. The molecule has 1 aromatic rings. The van der Waals surface area contributed by atoms with Crippen LogP contribution in [-0.2, 0) is 9.63 Å². The Balaban J connectivity index is 1.81. The zero-order valence-electron chi connectivity index (χ0n) is 13.1. The van der Waals surface area contributed by atoms with Crippen LogP contribution in [-0.4, -0.2) is 42.8 Å². The molecule has 0 aromatic heterocycles. The first-order valence-corrected chi connectivity index (χ1v) is 7.68. The van der Waals surface area contributed by atoms with E-state index in [-0.39, 0.29) is 12.5 Å². The summed E-state index contributed by atoms with van der Waals surface area (Å²) in [4.78, 5) is 18.9. The van der Waals surface area contributed by atoms with Crippen molar-refractivity contribution in [3.63, 3.8) is 0 Å². The molecule has 2 atom stereocenters. The van der Waals surface area contributed by atoms with Gasteiger partial charge >= 0.3 is 5.97 Å². The summed E-state index contributed by atoms with van der Waals surface area (Å²) in [7, 11) is 2.09. The quantitative estimate of drug-likeness (QED) is 0.631. The number of nitrogens with zero attached hydrogens (tertiary/aromatic N) is 2. The van der Waals surface area contributed by atoms with Crippen LogP contribution < -0.4 is 4.74 Å². The van der Waals surface area contributed by atoms with Crippen molar-refractivity contribution in [3.8, 4) is 5.75 Å². The molecule has 0 bridgehead atoms. The Morgan fingerprint density at radius 3 is 2.73 bits per heavy atom. The minimum Gasteiger partial charge on any atom is -0.482 e. The minimum absolute atomic E-state index is 0.178. The molecule has 1 aliphatic heterocycles. The van der Waals surface area contributed by atoms with Crippen LogP contribution >= 0.6 is 11.6 Å². The maximum absolute atomic E-state index is 11.7. The van der Waals surface area contributed by atoms with E-state index in [1.54, 1.807) is 24.3 Å². The van der Waals surface area contributed by atoms with Crippen molar-refractivity contribution in [1.29, 1.82) is 0 Å². The van der Waals surface area contributed by atoms with Gasteiger partial charge in [0.25, 0.3) is 0 Å². The van der Waals surface area contributed by atoms with E-state index in [1.807, 2.05) is 0 Å². The second kappa shape index (κ2) is 7.61. The number of likely N-dealkylation sites (tertiary alicyclic amines) is 1. The summed E-state index contributed by atoms with van der Waals surface area (Å²) in [6.45, 7) is 4.95. The Morgan fingerprint density at radius 2 is 2.05 bits per heavy atom. The first-order chi connectivity index (χ1) is 10.5. The Morgan fingerprint density at radius 1 is 1.36 bits per heavy atom. The molecule has 1 aromatic carbocycles. The summed E-state index contributed by atoms with van der Waals surface area (Å²) < 4.78 is 5.32. The fourth-order valence-corrected chi connectivity index (χ4v) is 2.44. The number of oxime groups is 1. The average molecular weight is 325 g/mol. The second-order valence-electron chi connectivity index (χ2n) is 5.68. The molecule has 0 spiro atoms. The Bertz CT molecular complexity index is 545. The van der Waals surface area contributed by atoms with Gasteiger partial charge in [-0.25, -0.2) is 4.79 Å². The Labute approximate surface area is 135 Å². The lowest BCUT2D eigenvalue weighted by atomic mass is 9.93. The molecule has 0 amide bonds. The van der Waals surface area contributed by atoms with Gasteiger partial charge in [0, 0.05) is 29.9 Å². The van der Waals surface area contributed by atoms with Crippen LogP contribution in [0.3, 0.4) is 0 Å². The van der Waals surface area contributed by atoms with E-state index < -0.39 is 5.97 Å². The maximum atomic E-state index is 11.7. The third-order valence-corrected chi connectivity index (χ3v) is 4.07. The molecule has 1 fully saturated rings. The highest BCUT2D eigenvalue weighted by molar-refractivity contribution is 6.30. The summed E-state index contributed by atoms with van der Waals surface area (Å²) >= 11 is 5.78. The third-order valence-electron chi connectivity index (χ3n) is 3.82. The van der Waals surface area contributed by atoms with E-state index in [0.29, 0.717) is 16.8 Å². The van der Waals surface area contributed by atoms with Crippen molar-refractivity contribution in [2.45, 2.75) is 26.3 Å². The fourth-order valence-electron chi connectivity index (χ4n) is 2.31. The van der Waals surface area contributed by atoms with Crippen molar-refractivity contribution in [2.75, 3.05) is 20.2 Å². The van der Waals surface area contributed by atoms with Gasteiger partial charge in [-0.2, -0.15) is 0 Å². The fraction of sp³-hybridized carbons (Fsp3) is 0.500. The summed E-state index contributed by atoms with van der Waals surface area (Å²) in [6, 6.07) is 7.19. The molecule has 1 saturated heterocycles.